The van der Waals surface area contributed by atoms with Crippen molar-refractivity contribution in [2.75, 3.05) is 19.8 Å². The molecule has 88 valence electrons. The Balaban J connectivity index is 2.05. The molecule has 0 saturated heterocycles. The van der Waals surface area contributed by atoms with Crippen molar-refractivity contribution in [1.82, 2.24) is 0 Å². The van der Waals surface area contributed by atoms with E-state index >= 15 is 0 Å². The van der Waals surface area contributed by atoms with E-state index in [9.17, 15) is 0 Å². The zero-order valence-corrected chi connectivity index (χ0v) is 9.74. The van der Waals surface area contributed by atoms with Gasteiger partial charge in [-0.15, -0.1) is 0 Å². The van der Waals surface area contributed by atoms with Crippen molar-refractivity contribution >= 4 is 0 Å². The van der Waals surface area contributed by atoms with Gasteiger partial charge in [-0.25, -0.2) is 0 Å². The van der Waals surface area contributed by atoms with Gasteiger partial charge >= 0.3 is 0 Å². The molecule has 0 amide bonds. The van der Waals surface area contributed by atoms with E-state index < -0.39 is 0 Å². The van der Waals surface area contributed by atoms with Gasteiger partial charge < -0.3 is 15.2 Å². The minimum atomic E-state index is -0.0837. The summed E-state index contributed by atoms with van der Waals surface area (Å²) in [5.74, 6) is 0.982. The summed E-state index contributed by atoms with van der Waals surface area (Å²) < 4.78 is 11.1. The Morgan fingerprint density at radius 1 is 1.50 bits per heavy atom. The van der Waals surface area contributed by atoms with Crippen LogP contribution in [0.5, 0.6) is 5.75 Å². The molecule has 3 nitrogen and oxygen atoms in total. The molecule has 0 aliphatic carbocycles. The van der Waals surface area contributed by atoms with Gasteiger partial charge in [0, 0.05) is 18.6 Å². The van der Waals surface area contributed by atoms with Crippen LogP contribution in [-0.4, -0.2) is 19.8 Å². The average molecular weight is 221 g/mol. The fourth-order valence-electron chi connectivity index (χ4n) is 1.98. The summed E-state index contributed by atoms with van der Waals surface area (Å²) in [6, 6.07) is 6.09. The quantitative estimate of drug-likeness (QED) is 0.774. The molecule has 1 unspecified atom stereocenters. The fraction of sp³-hybridized carbons (Fsp3) is 0.538. The number of para-hydroxylation sites is 1. The van der Waals surface area contributed by atoms with E-state index in [2.05, 4.69) is 13.0 Å². The number of benzene rings is 1. The second kappa shape index (κ2) is 5.32. The zero-order chi connectivity index (χ0) is 11.4. The number of hydrogen-bond acceptors (Lipinski definition) is 3. The smallest absolute Gasteiger partial charge is 0.127 e. The van der Waals surface area contributed by atoms with Crippen LogP contribution in [0, 0.1) is 0 Å². The maximum absolute atomic E-state index is 6.10. The summed E-state index contributed by atoms with van der Waals surface area (Å²) in [5.41, 5.74) is 8.45. The average Bonchev–Trinajstić information content (AvgIpc) is 2.76. The van der Waals surface area contributed by atoms with Crippen LogP contribution in [0.15, 0.2) is 18.2 Å². The summed E-state index contributed by atoms with van der Waals surface area (Å²) in [6.45, 7) is 4.20. The van der Waals surface area contributed by atoms with Crippen LogP contribution in [0.25, 0.3) is 0 Å². The van der Waals surface area contributed by atoms with Crippen molar-refractivity contribution < 1.29 is 9.47 Å². The molecule has 2 rings (SSSR count). The van der Waals surface area contributed by atoms with Gasteiger partial charge in [-0.3, -0.25) is 0 Å². The first-order chi connectivity index (χ1) is 7.83. The van der Waals surface area contributed by atoms with Crippen LogP contribution in [0.3, 0.4) is 0 Å². The normalized spacial score (nSPS) is 15.6. The Labute approximate surface area is 96.5 Å². The monoisotopic (exact) mass is 221 g/mol. The molecular weight excluding hydrogens is 202 g/mol. The minimum absolute atomic E-state index is 0.0837. The van der Waals surface area contributed by atoms with Crippen molar-refractivity contribution in [3.8, 4) is 5.75 Å². The molecule has 1 aliphatic heterocycles. The van der Waals surface area contributed by atoms with Crippen LogP contribution >= 0.6 is 0 Å². The van der Waals surface area contributed by atoms with Crippen molar-refractivity contribution in [1.29, 1.82) is 0 Å². The van der Waals surface area contributed by atoms with Gasteiger partial charge in [0.25, 0.3) is 0 Å². The summed E-state index contributed by atoms with van der Waals surface area (Å²) >= 11 is 0. The number of hydrogen-bond donors (Lipinski definition) is 1. The fourth-order valence-corrected chi connectivity index (χ4v) is 1.98. The van der Waals surface area contributed by atoms with Gasteiger partial charge in [-0.1, -0.05) is 25.1 Å². The standard InChI is InChI=1S/C13H19NO2/c1-2-7-15-9-12(14)11-5-3-4-10-6-8-16-13(10)11/h3-5,12H,2,6-9,14H2,1H3. The predicted molar refractivity (Wildman–Crippen MR) is 63.7 cm³/mol. The molecule has 2 N–H and O–H groups in total. The van der Waals surface area contributed by atoms with Crippen LogP contribution in [0.4, 0.5) is 0 Å². The van der Waals surface area contributed by atoms with Gasteiger partial charge in [-0.05, 0) is 12.0 Å². The Morgan fingerprint density at radius 2 is 2.38 bits per heavy atom. The van der Waals surface area contributed by atoms with Crippen molar-refractivity contribution in [2.24, 2.45) is 5.73 Å². The highest BCUT2D eigenvalue weighted by Crippen LogP contribution is 2.32. The largest absolute Gasteiger partial charge is 0.493 e. The first kappa shape index (κ1) is 11.4. The second-order valence-electron chi connectivity index (χ2n) is 4.12. The Hall–Kier alpha value is -1.06. The maximum atomic E-state index is 6.10. The molecule has 0 radical (unpaired) electrons. The van der Waals surface area contributed by atoms with Crippen molar-refractivity contribution in [2.45, 2.75) is 25.8 Å². The molecule has 0 saturated carbocycles. The van der Waals surface area contributed by atoms with E-state index in [0.717, 1.165) is 37.4 Å². The second-order valence-corrected chi connectivity index (χ2v) is 4.12. The zero-order valence-electron chi connectivity index (χ0n) is 9.74. The Kier molecular flexibility index (Phi) is 3.80. The molecular formula is C13H19NO2. The van der Waals surface area contributed by atoms with Gasteiger partial charge in [0.15, 0.2) is 0 Å². The lowest BCUT2D eigenvalue weighted by Gasteiger charge is -2.15. The SMILES string of the molecule is CCCOCC(N)c1cccc2c1OCC2. The molecule has 1 aromatic rings. The Bertz CT molecular complexity index is 352. The molecule has 0 spiro atoms. The first-order valence-electron chi connectivity index (χ1n) is 5.91. The summed E-state index contributed by atoms with van der Waals surface area (Å²) in [5, 5.41) is 0. The summed E-state index contributed by atoms with van der Waals surface area (Å²) in [6.07, 6.45) is 2.02. The predicted octanol–water partition coefficient (Wildman–Crippen LogP) is 2.05. The number of ether oxygens (including phenoxy) is 2. The minimum Gasteiger partial charge on any atom is -0.493 e. The lowest BCUT2D eigenvalue weighted by molar-refractivity contribution is 0.121. The third-order valence-electron chi connectivity index (χ3n) is 2.79. The number of fused-ring (bicyclic) bond motifs is 1. The Morgan fingerprint density at radius 3 is 3.19 bits per heavy atom. The lowest BCUT2D eigenvalue weighted by atomic mass is 10.0. The molecule has 1 aromatic carbocycles. The van der Waals surface area contributed by atoms with Crippen LogP contribution in [-0.2, 0) is 11.2 Å². The highest BCUT2D eigenvalue weighted by Gasteiger charge is 2.19. The third-order valence-corrected chi connectivity index (χ3v) is 2.79. The summed E-state index contributed by atoms with van der Waals surface area (Å²) in [4.78, 5) is 0. The van der Waals surface area contributed by atoms with Gasteiger partial charge in [0.05, 0.1) is 19.3 Å². The third kappa shape index (κ3) is 2.36. The van der Waals surface area contributed by atoms with E-state index in [1.165, 1.54) is 5.56 Å². The van der Waals surface area contributed by atoms with E-state index in [1.807, 2.05) is 12.1 Å². The molecule has 1 aliphatic rings. The van der Waals surface area contributed by atoms with Gasteiger partial charge in [-0.2, -0.15) is 0 Å². The molecule has 1 heterocycles. The topological polar surface area (TPSA) is 44.5 Å². The van der Waals surface area contributed by atoms with Crippen molar-refractivity contribution in [3.05, 3.63) is 29.3 Å². The van der Waals surface area contributed by atoms with Crippen molar-refractivity contribution in [3.63, 3.8) is 0 Å². The number of nitrogens with two attached hydrogens (primary N) is 1. The number of rotatable bonds is 5. The van der Waals surface area contributed by atoms with E-state index in [4.69, 9.17) is 15.2 Å². The molecule has 0 aromatic heterocycles. The highest BCUT2D eigenvalue weighted by atomic mass is 16.5. The molecule has 16 heavy (non-hydrogen) atoms. The maximum Gasteiger partial charge on any atom is 0.127 e. The molecule has 0 fully saturated rings. The lowest BCUT2D eigenvalue weighted by Crippen LogP contribution is -2.18. The van der Waals surface area contributed by atoms with Gasteiger partial charge in [0.1, 0.15) is 5.75 Å². The first-order valence-corrected chi connectivity index (χ1v) is 5.91. The highest BCUT2D eigenvalue weighted by molar-refractivity contribution is 5.45. The van der Waals surface area contributed by atoms with Crippen LogP contribution in [0.1, 0.15) is 30.5 Å². The van der Waals surface area contributed by atoms with Gasteiger partial charge in [0.2, 0.25) is 0 Å². The van der Waals surface area contributed by atoms with Crippen LogP contribution < -0.4 is 10.5 Å². The molecule has 0 bridgehead atoms. The van der Waals surface area contributed by atoms with Crippen LogP contribution in [0.2, 0.25) is 0 Å². The molecule has 1 atom stereocenters. The van der Waals surface area contributed by atoms with E-state index in [1.54, 1.807) is 0 Å². The van der Waals surface area contributed by atoms with E-state index in [0.29, 0.717) is 6.61 Å². The van der Waals surface area contributed by atoms with E-state index in [-0.39, 0.29) is 6.04 Å². The molecule has 3 heteroatoms. The summed E-state index contributed by atoms with van der Waals surface area (Å²) in [7, 11) is 0.